The molecule has 0 spiro atoms. The number of nitrogens with two attached hydrogens (primary N) is 6. The summed E-state index contributed by atoms with van der Waals surface area (Å²) in [5.41, 5.74) is 34.4. The fourth-order valence-electron chi connectivity index (χ4n) is 7.80. The Morgan fingerprint density at radius 3 is 1.89 bits per heavy atom. The number of aliphatic imine (C=N–C) groups is 1. The number of guanidine groups is 1. The van der Waals surface area contributed by atoms with Crippen LogP contribution >= 0.6 is 21.6 Å². The summed E-state index contributed by atoms with van der Waals surface area (Å²) in [7, 11) is 1.99. The fraction of sp³-hybridized carbons (Fsp3) is 0.478. The first-order chi connectivity index (χ1) is 35.6. The summed E-state index contributed by atoms with van der Waals surface area (Å²) < 4.78 is 0. The normalized spacial score (nSPS) is 22.6. The highest BCUT2D eigenvalue weighted by atomic mass is 33.1. The zero-order valence-electron chi connectivity index (χ0n) is 40.8. The van der Waals surface area contributed by atoms with Crippen molar-refractivity contribution in [3.05, 3.63) is 65.7 Å². The van der Waals surface area contributed by atoms with Gasteiger partial charge in [0, 0.05) is 43.9 Å². The highest BCUT2D eigenvalue weighted by molar-refractivity contribution is 8.76. The molecule has 75 heavy (non-hydrogen) atoms. The Bertz CT molecular complexity index is 2420. The standard InChI is InChI=1S/C46H65N15O12S2/c47-27-22-74-75-23-33(45(73)61-17-5-9-34(61)44(72)56-28(8-4-16-53-46(51)52)39(67)54-21-37(50)65)60-43(71)32(20-36(49)64)59-40(68)29(14-15-35(48)63)55-41(69)31(18-24-6-2-1-3-7-24)58-42(70)30(57-38(27)66)19-25-10-12-26(62)13-11-25/h1-3,6-7,10-13,27-34,62H,4-5,8-9,14-23,47H2,(H2,48,63)(H2,49,64)(H2,50,65)(H,54,67)(H,55,69)(H,56,72)(H,57,66)(H,58,70)(H,59,68)(H,60,71)(H4,51,52,53)/t27-,28-,29-,30-,31-,32?,33-,34-/m0/s1. The van der Waals surface area contributed by atoms with Crippen LogP contribution in [0, 0.1) is 0 Å². The number of amides is 11. The molecular weight excluding hydrogens is 1020 g/mol. The van der Waals surface area contributed by atoms with E-state index in [1.165, 1.54) is 29.2 Å². The summed E-state index contributed by atoms with van der Waals surface area (Å²) in [6.07, 6.45) is -1.38. The molecule has 2 aliphatic rings. The quantitative estimate of drug-likeness (QED) is 0.0270. The number of aromatic hydroxyl groups is 1. The monoisotopic (exact) mass is 1080 g/mol. The molecule has 2 saturated heterocycles. The van der Waals surface area contributed by atoms with E-state index in [-0.39, 0.29) is 68.4 Å². The van der Waals surface area contributed by atoms with Crippen molar-refractivity contribution in [1.29, 1.82) is 0 Å². The first-order valence-electron chi connectivity index (χ1n) is 23.7. The molecule has 0 radical (unpaired) electrons. The van der Waals surface area contributed by atoms with Gasteiger partial charge in [0.15, 0.2) is 5.96 Å². The van der Waals surface area contributed by atoms with Crippen molar-refractivity contribution in [2.45, 2.75) is 106 Å². The summed E-state index contributed by atoms with van der Waals surface area (Å²) in [6.45, 7) is -0.443. The topological polar surface area (TPSA) is 464 Å². The highest BCUT2D eigenvalue weighted by Gasteiger charge is 2.40. The Labute approximate surface area is 439 Å². The first-order valence-corrected chi connectivity index (χ1v) is 26.2. The average molecular weight is 1080 g/mol. The zero-order chi connectivity index (χ0) is 55.2. The van der Waals surface area contributed by atoms with Crippen molar-refractivity contribution in [3.8, 4) is 5.75 Å². The lowest BCUT2D eigenvalue weighted by molar-refractivity contribution is -0.142. The van der Waals surface area contributed by atoms with Gasteiger partial charge in [0.1, 0.15) is 48.0 Å². The minimum atomic E-state index is -1.80. The van der Waals surface area contributed by atoms with Gasteiger partial charge in [-0.15, -0.1) is 0 Å². The Hall–Kier alpha value is -7.66. The van der Waals surface area contributed by atoms with E-state index in [1.807, 2.05) is 0 Å². The first kappa shape index (κ1) is 59.9. The van der Waals surface area contributed by atoms with E-state index in [1.54, 1.807) is 30.3 Å². The molecule has 4 rings (SSSR count). The second kappa shape index (κ2) is 29.9. The Morgan fingerprint density at radius 2 is 1.28 bits per heavy atom. The molecule has 2 aromatic rings. The van der Waals surface area contributed by atoms with Crippen LogP contribution in [0.3, 0.4) is 0 Å². The lowest BCUT2D eigenvalue weighted by Gasteiger charge is -2.31. The third-order valence-electron chi connectivity index (χ3n) is 11.6. The van der Waals surface area contributed by atoms with Crippen molar-refractivity contribution >= 4 is 92.5 Å². The SMILES string of the molecule is NC(=O)CC[C@@H]1NC(=O)[C@H](Cc2ccccc2)NC(=O)[C@H](Cc2ccc(O)cc2)NC(=O)[C@@H](N)CSSC[C@@H](C(=O)N2CCC[C@H]2C(=O)N[C@@H](CCCN=C(N)N)C(=O)NCC(N)=O)NC(=O)C(CC(N)=O)NC1=O. The van der Waals surface area contributed by atoms with Gasteiger partial charge < -0.3 is 81.6 Å². The second-order valence-electron chi connectivity index (χ2n) is 17.6. The molecule has 20 N–H and O–H groups in total. The number of nitrogens with zero attached hydrogens (tertiary/aromatic N) is 2. The summed E-state index contributed by atoms with van der Waals surface area (Å²) >= 11 is 0. The zero-order valence-corrected chi connectivity index (χ0v) is 42.5. The summed E-state index contributed by atoms with van der Waals surface area (Å²) in [5, 5.41) is 27.6. The number of rotatable bonds is 19. The summed E-state index contributed by atoms with van der Waals surface area (Å²) in [4.78, 5) is 153. The Morgan fingerprint density at radius 1 is 0.707 bits per heavy atom. The van der Waals surface area contributed by atoms with Crippen LogP contribution in [0.4, 0.5) is 0 Å². The predicted octanol–water partition coefficient (Wildman–Crippen LogP) is -5.40. The van der Waals surface area contributed by atoms with Crippen LogP contribution < -0.4 is 71.6 Å². The van der Waals surface area contributed by atoms with Gasteiger partial charge in [-0.05, 0) is 55.4 Å². The molecule has 0 aromatic heterocycles. The highest BCUT2D eigenvalue weighted by Crippen LogP contribution is 2.26. The average Bonchev–Trinajstić information content (AvgIpc) is 3.86. The van der Waals surface area contributed by atoms with E-state index in [2.05, 4.69) is 42.2 Å². The van der Waals surface area contributed by atoms with E-state index >= 15 is 0 Å². The van der Waals surface area contributed by atoms with Crippen LogP contribution in [0.15, 0.2) is 59.6 Å². The molecule has 0 bridgehead atoms. The summed E-state index contributed by atoms with van der Waals surface area (Å²) in [6, 6.07) is 2.80. The van der Waals surface area contributed by atoms with E-state index in [0.29, 0.717) is 17.5 Å². The molecule has 8 atom stereocenters. The fourth-order valence-corrected chi connectivity index (χ4v) is 10.1. The minimum Gasteiger partial charge on any atom is -0.508 e. The predicted molar refractivity (Wildman–Crippen MR) is 276 cm³/mol. The number of hydrogen-bond donors (Lipinski definition) is 14. The number of hydrogen-bond acceptors (Lipinski definition) is 16. The molecule has 2 heterocycles. The number of nitrogens with one attached hydrogen (secondary N) is 7. The maximum Gasteiger partial charge on any atom is 0.246 e. The Kier molecular flexibility index (Phi) is 23.9. The van der Waals surface area contributed by atoms with Crippen LogP contribution in [0.25, 0.3) is 0 Å². The second-order valence-corrected chi connectivity index (χ2v) is 20.2. The van der Waals surface area contributed by atoms with E-state index in [9.17, 15) is 57.8 Å². The number of benzene rings is 2. The molecule has 0 saturated carbocycles. The summed E-state index contributed by atoms with van der Waals surface area (Å²) in [5.74, 6) is -10.5. The molecule has 2 aromatic carbocycles. The molecule has 2 fully saturated rings. The maximum atomic E-state index is 14.6. The number of likely N-dealkylation sites (tertiary alicyclic amines) is 1. The van der Waals surface area contributed by atoms with Crippen LogP contribution in [0.5, 0.6) is 5.75 Å². The van der Waals surface area contributed by atoms with Crippen LogP contribution in [0.1, 0.15) is 56.1 Å². The molecule has 27 nitrogen and oxygen atoms in total. The third-order valence-corrected chi connectivity index (χ3v) is 14.1. The molecule has 11 amide bonds. The van der Waals surface area contributed by atoms with Gasteiger partial charge in [-0.25, -0.2) is 0 Å². The largest absolute Gasteiger partial charge is 0.508 e. The van der Waals surface area contributed by atoms with Gasteiger partial charge in [0.05, 0.1) is 19.0 Å². The van der Waals surface area contributed by atoms with Crippen LogP contribution in [-0.4, -0.2) is 160 Å². The van der Waals surface area contributed by atoms with Gasteiger partial charge >= 0.3 is 0 Å². The van der Waals surface area contributed by atoms with Crippen molar-refractivity contribution in [1.82, 2.24) is 42.1 Å². The van der Waals surface area contributed by atoms with Gasteiger partial charge in [-0.3, -0.25) is 57.7 Å². The van der Waals surface area contributed by atoms with Crippen molar-refractivity contribution in [2.75, 3.05) is 31.1 Å². The number of primary amides is 3. The number of phenols is 1. The van der Waals surface area contributed by atoms with Crippen LogP contribution in [0.2, 0.25) is 0 Å². The molecule has 408 valence electrons. The van der Waals surface area contributed by atoms with Gasteiger partial charge in [-0.1, -0.05) is 64.1 Å². The van der Waals surface area contributed by atoms with Crippen molar-refractivity contribution in [2.24, 2.45) is 39.4 Å². The lowest BCUT2D eigenvalue weighted by Crippen LogP contribution is -2.61. The van der Waals surface area contributed by atoms with E-state index in [0.717, 1.165) is 21.6 Å². The van der Waals surface area contributed by atoms with Gasteiger partial charge in [0.2, 0.25) is 65.0 Å². The molecular formula is C46H65N15O12S2. The Balaban J connectivity index is 1.71. The molecule has 29 heteroatoms. The maximum absolute atomic E-state index is 14.6. The molecule has 2 aliphatic heterocycles. The lowest BCUT2D eigenvalue weighted by atomic mass is 10.0. The van der Waals surface area contributed by atoms with E-state index < -0.39 is 139 Å². The van der Waals surface area contributed by atoms with Gasteiger partial charge in [-0.2, -0.15) is 0 Å². The smallest absolute Gasteiger partial charge is 0.246 e. The van der Waals surface area contributed by atoms with Gasteiger partial charge in [0.25, 0.3) is 0 Å². The molecule has 1 unspecified atom stereocenters. The number of phenolic OH excluding ortho intramolecular Hbond substituents is 1. The van der Waals surface area contributed by atoms with E-state index in [4.69, 9.17) is 34.4 Å². The number of carbonyl (C=O) groups is 11. The molecule has 0 aliphatic carbocycles. The third kappa shape index (κ3) is 20.3. The van der Waals surface area contributed by atoms with Crippen LogP contribution in [-0.2, 0) is 65.6 Å². The van der Waals surface area contributed by atoms with Crippen molar-refractivity contribution in [3.63, 3.8) is 0 Å². The van der Waals surface area contributed by atoms with Crippen molar-refractivity contribution < 1.29 is 57.8 Å². The number of carbonyl (C=O) groups excluding carboxylic acids is 11. The minimum absolute atomic E-state index is 0.00106.